The average molecular weight is 746 g/mol. The summed E-state index contributed by atoms with van der Waals surface area (Å²) in [6, 6.07) is 9.55. The third-order valence-corrected chi connectivity index (χ3v) is 13.2. The van der Waals surface area contributed by atoms with Crippen molar-refractivity contribution in [3.63, 3.8) is 0 Å². The van der Waals surface area contributed by atoms with Crippen LogP contribution in [0.3, 0.4) is 0 Å². The zero-order valence-electron chi connectivity index (χ0n) is 31.2. The number of likely N-dealkylation sites (tertiary alicyclic amines) is 1. The number of carbonyl (C=O) groups is 5. The van der Waals surface area contributed by atoms with E-state index in [0.717, 1.165) is 111 Å². The van der Waals surface area contributed by atoms with Crippen LogP contribution in [-0.2, 0) is 20.8 Å². The number of carbonyl (C=O) groups excluding carboxylic acids is 5. The molecule has 1 unspecified atom stereocenters. The summed E-state index contributed by atoms with van der Waals surface area (Å²) in [5, 5.41) is 7.14. The molecule has 2 saturated carbocycles. The van der Waals surface area contributed by atoms with Gasteiger partial charge in [0.2, 0.25) is 17.7 Å². The summed E-state index contributed by atoms with van der Waals surface area (Å²) < 4.78 is 8.89. The maximum absolute atomic E-state index is 13.4. The smallest absolute Gasteiger partial charge is 0.262 e. The van der Waals surface area contributed by atoms with Crippen LogP contribution in [0.2, 0.25) is 0 Å². The second-order valence-corrected chi connectivity index (χ2v) is 16.7. The molecule has 5 aliphatic heterocycles. The maximum Gasteiger partial charge on any atom is 0.262 e. The average Bonchev–Trinajstić information content (AvgIpc) is 3.83. The van der Waals surface area contributed by atoms with Gasteiger partial charge in [-0.1, -0.05) is 0 Å². The first-order chi connectivity index (χ1) is 26.7. The quantitative estimate of drug-likeness (QED) is 0.331. The molecule has 0 bridgehead atoms. The molecular formula is C42H47N7O6. The summed E-state index contributed by atoms with van der Waals surface area (Å²) in [4.78, 5) is 71.8. The number of hydrogen-bond acceptors (Lipinski definition) is 9. The number of nitrogens with zero attached hydrogens (tertiary/aromatic N) is 6. The topological polar surface area (TPSA) is 137 Å². The van der Waals surface area contributed by atoms with Gasteiger partial charge in [-0.05, 0) is 101 Å². The van der Waals surface area contributed by atoms with Crippen LogP contribution in [0.4, 0.5) is 11.4 Å². The molecule has 1 N–H and O–H groups in total. The van der Waals surface area contributed by atoms with Crippen molar-refractivity contribution in [2.75, 3.05) is 36.0 Å². The molecule has 2 aliphatic carbocycles. The zero-order valence-corrected chi connectivity index (χ0v) is 31.2. The van der Waals surface area contributed by atoms with Crippen LogP contribution >= 0.6 is 0 Å². The summed E-state index contributed by atoms with van der Waals surface area (Å²) >= 11 is 0. The fourth-order valence-electron chi connectivity index (χ4n) is 9.43. The fourth-order valence-corrected chi connectivity index (χ4v) is 9.43. The van der Waals surface area contributed by atoms with E-state index in [9.17, 15) is 24.0 Å². The number of imide groups is 2. The number of amides is 5. The normalized spacial score (nSPS) is 25.1. The Bertz CT molecular complexity index is 2110. The van der Waals surface area contributed by atoms with Gasteiger partial charge in [-0.3, -0.25) is 43.8 Å². The fraction of sp³-hybridized carbons (Fsp3) is 0.524. The molecule has 286 valence electrons. The van der Waals surface area contributed by atoms with Crippen LogP contribution in [0, 0.1) is 5.92 Å². The Hall–Kier alpha value is -5.04. The third-order valence-electron chi connectivity index (χ3n) is 13.2. The van der Waals surface area contributed by atoms with Crippen molar-refractivity contribution < 1.29 is 28.7 Å². The zero-order chi connectivity index (χ0) is 37.5. The Morgan fingerprint density at radius 1 is 0.836 bits per heavy atom. The predicted octanol–water partition coefficient (Wildman–Crippen LogP) is 4.49. The Morgan fingerprint density at radius 2 is 1.60 bits per heavy atom. The van der Waals surface area contributed by atoms with E-state index in [-0.39, 0.29) is 42.7 Å². The minimum atomic E-state index is -0.968. The lowest BCUT2D eigenvalue weighted by Crippen LogP contribution is -2.61. The molecule has 13 nitrogen and oxygen atoms in total. The largest absolute Gasteiger partial charge is 0.489 e. The van der Waals surface area contributed by atoms with Crippen molar-refractivity contribution in [1.82, 2.24) is 24.9 Å². The number of aromatic nitrogens is 2. The standard InChI is InChI=1S/C42H47N7O6/c1-24-5-9-33-35(48(24)40(52)25-6-7-25)12-11-31(38(33)55-30-3-2-4-30)26-20-43-47(21-26)27-15-17-45(18-16-27)29-22-46(23-29)28-8-10-32-34(19-28)42(54)49(41(32)53)36-13-14-37(50)44-39(36)51/h8,10-12,19-21,24-25,27,29-30,36H,2-7,9,13-18,22-23H2,1H3,(H,44,50,51)/t24-,36?/m0/s1. The van der Waals surface area contributed by atoms with E-state index in [4.69, 9.17) is 9.84 Å². The number of piperidine rings is 2. The maximum atomic E-state index is 13.4. The van der Waals surface area contributed by atoms with Crippen molar-refractivity contribution in [3.8, 4) is 16.9 Å². The Balaban J connectivity index is 0.786. The number of rotatable bonds is 8. The molecule has 5 amide bonds. The molecule has 0 radical (unpaired) electrons. The number of nitrogens with one attached hydrogen (secondary N) is 1. The summed E-state index contributed by atoms with van der Waals surface area (Å²) in [6.07, 6.45) is 13.8. The number of anilines is 2. The van der Waals surface area contributed by atoms with Gasteiger partial charge in [0.1, 0.15) is 11.8 Å². The lowest BCUT2D eigenvalue weighted by molar-refractivity contribution is -0.136. The number of ether oxygens (including phenoxy) is 1. The molecule has 55 heavy (non-hydrogen) atoms. The molecule has 6 heterocycles. The van der Waals surface area contributed by atoms with E-state index < -0.39 is 23.8 Å². The lowest BCUT2D eigenvalue weighted by Gasteiger charge is -2.48. The van der Waals surface area contributed by atoms with Crippen molar-refractivity contribution in [1.29, 1.82) is 0 Å². The molecule has 13 heteroatoms. The molecule has 1 aromatic heterocycles. The van der Waals surface area contributed by atoms with Crippen molar-refractivity contribution in [2.45, 2.75) is 108 Å². The van der Waals surface area contributed by atoms with Crippen LogP contribution in [0.25, 0.3) is 11.1 Å². The first kappa shape index (κ1) is 34.5. The molecule has 3 aromatic rings. The Kier molecular flexibility index (Phi) is 8.34. The molecular weight excluding hydrogens is 699 g/mol. The van der Waals surface area contributed by atoms with Crippen LogP contribution in [0.5, 0.6) is 5.75 Å². The van der Waals surface area contributed by atoms with Crippen molar-refractivity contribution >= 4 is 40.9 Å². The molecule has 3 saturated heterocycles. The van der Waals surface area contributed by atoms with E-state index in [0.29, 0.717) is 23.2 Å². The number of benzene rings is 2. The molecule has 5 fully saturated rings. The van der Waals surface area contributed by atoms with Gasteiger partial charge in [-0.2, -0.15) is 5.10 Å². The van der Waals surface area contributed by atoms with Gasteiger partial charge < -0.3 is 14.5 Å². The number of fused-ring (bicyclic) bond motifs is 2. The first-order valence-electron chi connectivity index (χ1n) is 20.3. The Labute approximate surface area is 319 Å². The summed E-state index contributed by atoms with van der Waals surface area (Å²) in [6.45, 7) is 5.77. The Morgan fingerprint density at radius 3 is 2.33 bits per heavy atom. The van der Waals surface area contributed by atoms with Crippen molar-refractivity contribution in [3.05, 3.63) is 59.4 Å². The van der Waals surface area contributed by atoms with Gasteiger partial charge in [-0.25, -0.2) is 0 Å². The van der Waals surface area contributed by atoms with Gasteiger partial charge >= 0.3 is 0 Å². The van der Waals surface area contributed by atoms with Crippen LogP contribution in [0.1, 0.15) is 103 Å². The van der Waals surface area contributed by atoms with E-state index in [1.165, 1.54) is 12.0 Å². The van der Waals surface area contributed by atoms with Crippen molar-refractivity contribution in [2.24, 2.45) is 5.92 Å². The number of hydrogen-bond donors (Lipinski definition) is 1. The summed E-state index contributed by atoms with van der Waals surface area (Å²) in [5.41, 5.74) is 5.82. The molecule has 0 spiro atoms. The summed E-state index contributed by atoms with van der Waals surface area (Å²) in [7, 11) is 0. The van der Waals surface area contributed by atoms with Gasteiger partial charge in [0.25, 0.3) is 11.8 Å². The van der Waals surface area contributed by atoms with Gasteiger partial charge in [0.05, 0.1) is 35.2 Å². The first-order valence-corrected chi connectivity index (χ1v) is 20.3. The highest BCUT2D eigenvalue weighted by atomic mass is 16.5. The lowest BCUT2D eigenvalue weighted by atomic mass is 9.91. The van der Waals surface area contributed by atoms with E-state index in [1.54, 1.807) is 12.1 Å². The molecule has 2 atom stereocenters. The van der Waals surface area contributed by atoms with Crippen LogP contribution < -0.4 is 19.9 Å². The second-order valence-electron chi connectivity index (χ2n) is 16.7. The monoisotopic (exact) mass is 745 g/mol. The molecule has 7 aliphatic rings. The van der Waals surface area contributed by atoms with E-state index in [2.05, 4.69) is 50.0 Å². The van der Waals surface area contributed by atoms with Gasteiger partial charge in [-0.15, -0.1) is 0 Å². The van der Waals surface area contributed by atoms with E-state index in [1.807, 2.05) is 12.3 Å². The highest BCUT2D eigenvalue weighted by Gasteiger charge is 2.45. The van der Waals surface area contributed by atoms with Crippen LogP contribution in [-0.4, -0.2) is 99.5 Å². The minimum Gasteiger partial charge on any atom is -0.489 e. The molecule has 2 aromatic carbocycles. The highest BCUT2D eigenvalue weighted by molar-refractivity contribution is 6.23. The minimum absolute atomic E-state index is 0.0971. The second kappa shape index (κ2) is 13.3. The highest BCUT2D eigenvalue weighted by Crippen LogP contribution is 2.46. The van der Waals surface area contributed by atoms with E-state index >= 15 is 0 Å². The van der Waals surface area contributed by atoms with Gasteiger partial charge in [0, 0.05) is 79.2 Å². The van der Waals surface area contributed by atoms with Crippen LogP contribution in [0.15, 0.2) is 42.7 Å². The SMILES string of the molecule is C[C@H]1CCc2c(ccc(-c3cnn(C4CCN(C5CN(c6ccc7c(c6)C(=O)N(C6CCC(=O)NC6=O)C7=O)C5)CC4)c3)c2OC2CCC2)N1C(=O)C1CC1. The molecule has 10 rings (SSSR count). The third kappa shape index (κ3) is 5.93. The predicted molar refractivity (Wildman–Crippen MR) is 203 cm³/mol. The van der Waals surface area contributed by atoms with Gasteiger partial charge in [0.15, 0.2) is 0 Å². The summed E-state index contributed by atoms with van der Waals surface area (Å²) in [5.74, 6) is -0.573.